The van der Waals surface area contributed by atoms with Crippen molar-refractivity contribution < 1.29 is 14.3 Å². The summed E-state index contributed by atoms with van der Waals surface area (Å²) >= 11 is 0. The Hall–Kier alpha value is -3.02. The Morgan fingerprint density at radius 1 is 1.11 bits per heavy atom. The lowest BCUT2D eigenvalue weighted by Gasteiger charge is -2.32. The molecule has 2 aromatic carbocycles. The molecule has 1 saturated heterocycles. The van der Waals surface area contributed by atoms with Crippen molar-refractivity contribution in [2.45, 2.75) is 32.7 Å². The van der Waals surface area contributed by atoms with Crippen molar-refractivity contribution in [3.63, 3.8) is 0 Å². The van der Waals surface area contributed by atoms with Gasteiger partial charge in [-0.2, -0.15) is 0 Å². The summed E-state index contributed by atoms with van der Waals surface area (Å²) in [5.41, 5.74) is 2.48. The van der Waals surface area contributed by atoms with Crippen molar-refractivity contribution >= 4 is 17.6 Å². The number of nitrogens with zero attached hydrogens (tertiary/aromatic N) is 1. The number of urea groups is 1. The molecule has 1 aliphatic heterocycles. The first-order valence-corrected chi connectivity index (χ1v) is 9.71. The molecular formula is C22H27N3O3. The van der Waals surface area contributed by atoms with Gasteiger partial charge in [0.1, 0.15) is 5.75 Å². The largest absolute Gasteiger partial charge is 0.494 e. The van der Waals surface area contributed by atoms with E-state index in [-0.39, 0.29) is 18.0 Å². The minimum atomic E-state index is -0.118. The van der Waals surface area contributed by atoms with Gasteiger partial charge < -0.3 is 20.3 Å². The first kappa shape index (κ1) is 19.7. The van der Waals surface area contributed by atoms with Gasteiger partial charge in [0, 0.05) is 30.4 Å². The minimum absolute atomic E-state index is 0.0546. The van der Waals surface area contributed by atoms with E-state index in [0.29, 0.717) is 25.3 Å². The van der Waals surface area contributed by atoms with Crippen molar-refractivity contribution in [3.8, 4) is 5.75 Å². The first-order valence-electron chi connectivity index (χ1n) is 9.71. The van der Waals surface area contributed by atoms with Crippen LogP contribution in [0.15, 0.2) is 48.5 Å². The lowest BCUT2D eigenvalue weighted by atomic mass is 10.0. The van der Waals surface area contributed by atoms with Crippen LogP contribution in [0.4, 0.5) is 10.5 Å². The van der Waals surface area contributed by atoms with Gasteiger partial charge in [0.05, 0.1) is 6.61 Å². The molecule has 6 heteroatoms. The fraction of sp³-hybridized carbons (Fsp3) is 0.364. The Bertz CT molecular complexity index is 812. The summed E-state index contributed by atoms with van der Waals surface area (Å²) in [6.45, 7) is 5.74. The number of nitrogens with one attached hydrogen (secondary N) is 2. The van der Waals surface area contributed by atoms with Crippen LogP contribution in [0.3, 0.4) is 0 Å². The number of benzene rings is 2. The van der Waals surface area contributed by atoms with Gasteiger partial charge in [0.25, 0.3) is 5.91 Å². The van der Waals surface area contributed by atoms with Crippen LogP contribution >= 0.6 is 0 Å². The molecule has 6 nitrogen and oxygen atoms in total. The van der Waals surface area contributed by atoms with Crippen molar-refractivity contribution in [2.75, 3.05) is 25.0 Å². The molecule has 148 valence electrons. The number of amides is 3. The predicted octanol–water partition coefficient (Wildman–Crippen LogP) is 3.82. The number of ether oxygens (including phenoxy) is 1. The third-order valence-electron chi connectivity index (χ3n) is 4.81. The summed E-state index contributed by atoms with van der Waals surface area (Å²) in [6, 6.07) is 14.9. The molecule has 2 N–H and O–H groups in total. The molecule has 0 spiro atoms. The highest BCUT2D eigenvalue weighted by Crippen LogP contribution is 2.17. The molecule has 0 aromatic heterocycles. The number of rotatable bonds is 5. The summed E-state index contributed by atoms with van der Waals surface area (Å²) in [5.74, 6) is 0.728. The number of carbonyl (C=O) groups is 2. The highest BCUT2D eigenvalue weighted by atomic mass is 16.5. The third kappa shape index (κ3) is 5.25. The van der Waals surface area contributed by atoms with E-state index in [9.17, 15) is 9.59 Å². The zero-order valence-corrected chi connectivity index (χ0v) is 16.4. The average Bonchev–Trinajstić information content (AvgIpc) is 2.70. The van der Waals surface area contributed by atoms with E-state index in [2.05, 4.69) is 10.6 Å². The normalized spacial score (nSPS) is 14.4. The summed E-state index contributed by atoms with van der Waals surface area (Å²) < 4.78 is 5.41. The smallest absolute Gasteiger partial charge is 0.321 e. The molecule has 3 rings (SSSR count). The molecule has 1 aliphatic rings. The lowest BCUT2D eigenvalue weighted by Crippen LogP contribution is -2.47. The van der Waals surface area contributed by atoms with Crippen LogP contribution in [0.2, 0.25) is 0 Å². The second kappa shape index (κ2) is 9.26. The van der Waals surface area contributed by atoms with E-state index in [1.54, 1.807) is 4.90 Å². The molecular weight excluding hydrogens is 354 g/mol. The van der Waals surface area contributed by atoms with Crippen LogP contribution in [0.1, 0.15) is 35.7 Å². The number of carbonyl (C=O) groups excluding carboxylic acids is 2. The van der Waals surface area contributed by atoms with Gasteiger partial charge in [-0.1, -0.05) is 17.7 Å². The van der Waals surface area contributed by atoms with Gasteiger partial charge in [-0.3, -0.25) is 4.79 Å². The van der Waals surface area contributed by atoms with E-state index < -0.39 is 0 Å². The standard InChI is InChI=1S/C22H27N3O3/c1-3-28-20-9-7-18(8-10-20)24-22(27)25-13-11-19(12-14-25)23-21(26)17-6-4-5-16(2)15-17/h4-10,15,19H,3,11-14H2,1-2H3,(H,23,26)(H,24,27). The highest BCUT2D eigenvalue weighted by Gasteiger charge is 2.24. The Labute approximate surface area is 165 Å². The fourth-order valence-corrected chi connectivity index (χ4v) is 3.29. The number of aryl methyl sites for hydroxylation is 1. The molecule has 2 aromatic rings. The highest BCUT2D eigenvalue weighted by molar-refractivity contribution is 5.94. The number of hydrogen-bond donors (Lipinski definition) is 2. The number of likely N-dealkylation sites (tertiary alicyclic amines) is 1. The Morgan fingerprint density at radius 2 is 1.82 bits per heavy atom. The topological polar surface area (TPSA) is 70.7 Å². The zero-order valence-electron chi connectivity index (χ0n) is 16.4. The molecule has 0 bridgehead atoms. The van der Waals surface area contributed by atoms with Crippen molar-refractivity contribution in [3.05, 3.63) is 59.7 Å². The summed E-state index contributed by atoms with van der Waals surface area (Å²) in [6.07, 6.45) is 1.49. The van der Waals surface area contributed by atoms with E-state index in [1.807, 2.05) is 62.4 Å². The molecule has 0 unspecified atom stereocenters. The zero-order chi connectivity index (χ0) is 19.9. The summed E-state index contributed by atoms with van der Waals surface area (Å²) in [4.78, 5) is 26.6. The van der Waals surface area contributed by atoms with Crippen molar-refractivity contribution in [1.29, 1.82) is 0 Å². The van der Waals surface area contributed by atoms with Crippen LogP contribution in [0.5, 0.6) is 5.75 Å². The van der Waals surface area contributed by atoms with E-state index in [1.165, 1.54) is 0 Å². The second-order valence-electron chi connectivity index (χ2n) is 6.99. The molecule has 0 saturated carbocycles. The maximum atomic E-state index is 12.5. The van der Waals surface area contributed by atoms with Gasteiger partial charge in [-0.25, -0.2) is 4.79 Å². The predicted molar refractivity (Wildman–Crippen MR) is 110 cm³/mol. The van der Waals surface area contributed by atoms with Crippen LogP contribution < -0.4 is 15.4 Å². The van der Waals surface area contributed by atoms with Gasteiger partial charge >= 0.3 is 6.03 Å². The fourth-order valence-electron chi connectivity index (χ4n) is 3.29. The minimum Gasteiger partial charge on any atom is -0.494 e. The van der Waals surface area contributed by atoms with E-state index in [0.717, 1.165) is 29.8 Å². The maximum absolute atomic E-state index is 12.5. The molecule has 0 radical (unpaired) electrons. The van der Waals surface area contributed by atoms with E-state index in [4.69, 9.17) is 4.74 Å². The number of anilines is 1. The van der Waals surface area contributed by atoms with Crippen LogP contribution in [0.25, 0.3) is 0 Å². The van der Waals surface area contributed by atoms with Crippen LogP contribution in [-0.4, -0.2) is 42.6 Å². The lowest BCUT2D eigenvalue weighted by molar-refractivity contribution is 0.0919. The number of piperidine rings is 1. The SMILES string of the molecule is CCOc1ccc(NC(=O)N2CCC(NC(=O)c3cccc(C)c3)CC2)cc1. The quantitative estimate of drug-likeness (QED) is 0.827. The Balaban J connectivity index is 1.46. The van der Waals surface area contributed by atoms with Crippen LogP contribution in [0, 0.1) is 6.92 Å². The molecule has 28 heavy (non-hydrogen) atoms. The van der Waals surface area contributed by atoms with Gasteiger partial charge in [-0.05, 0) is 63.1 Å². The second-order valence-corrected chi connectivity index (χ2v) is 6.99. The average molecular weight is 381 g/mol. The van der Waals surface area contributed by atoms with Crippen LogP contribution in [-0.2, 0) is 0 Å². The molecule has 0 atom stereocenters. The molecule has 0 aliphatic carbocycles. The Morgan fingerprint density at radius 3 is 2.46 bits per heavy atom. The maximum Gasteiger partial charge on any atom is 0.321 e. The Kier molecular flexibility index (Phi) is 6.53. The number of hydrogen-bond acceptors (Lipinski definition) is 3. The first-order chi connectivity index (χ1) is 13.5. The molecule has 3 amide bonds. The third-order valence-corrected chi connectivity index (χ3v) is 4.81. The molecule has 1 heterocycles. The summed E-state index contributed by atoms with van der Waals surface area (Å²) in [5, 5.41) is 5.99. The van der Waals surface area contributed by atoms with Crippen molar-refractivity contribution in [2.24, 2.45) is 0 Å². The van der Waals surface area contributed by atoms with Gasteiger partial charge in [0.2, 0.25) is 0 Å². The molecule has 1 fully saturated rings. The van der Waals surface area contributed by atoms with Gasteiger partial charge in [0.15, 0.2) is 0 Å². The monoisotopic (exact) mass is 381 g/mol. The van der Waals surface area contributed by atoms with Gasteiger partial charge in [-0.15, -0.1) is 0 Å². The summed E-state index contributed by atoms with van der Waals surface area (Å²) in [7, 11) is 0. The van der Waals surface area contributed by atoms with E-state index >= 15 is 0 Å². The van der Waals surface area contributed by atoms with Crippen molar-refractivity contribution in [1.82, 2.24) is 10.2 Å².